The Hall–Kier alpha value is -1.80. The summed E-state index contributed by atoms with van der Waals surface area (Å²) in [6.07, 6.45) is 4.66. The van der Waals surface area contributed by atoms with E-state index in [-0.39, 0.29) is 12.3 Å². The molecule has 0 spiro atoms. The molecule has 0 bridgehead atoms. The first-order valence-electron chi connectivity index (χ1n) is 5.17. The van der Waals surface area contributed by atoms with Gasteiger partial charge in [0.2, 0.25) is 5.89 Å². The Labute approximate surface area is 104 Å². The number of oxazole rings is 1. The van der Waals surface area contributed by atoms with E-state index < -0.39 is 10.1 Å². The van der Waals surface area contributed by atoms with Crippen molar-refractivity contribution >= 4 is 10.1 Å². The predicted molar refractivity (Wildman–Crippen MR) is 61.1 cm³/mol. The van der Waals surface area contributed by atoms with Gasteiger partial charge in [-0.05, 0) is 12.0 Å². The molecule has 0 unspecified atom stereocenters. The standard InChI is InChI=1S/C10H11N3O4S/c1-8-7-17-10(12-8)9-2-3-13(11-6-9)4-5-18(14,15)16/h2-3,6-7H,4-5H2,1H3/p+1. The van der Waals surface area contributed by atoms with Crippen LogP contribution in [0, 0.1) is 6.92 Å². The largest absolute Gasteiger partial charge is 0.444 e. The summed E-state index contributed by atoms with van der Waals surface area (Å²) in [5.74, 6) is 0.0872. The zero-order valence-electron chi connectivity index (χ0n) is 9.65. The van der Waals surface area contributed by atoms with Crippen molar-refractivity contribution in [3.05, 3.63) is 30.4 Å². The van der Waals surface area contributed by atoms with Gasteiger partial charge in [-0.2, -0.15) is 8.42 Å². The van der Waals surface area contributed by atoms with E-state index in [9.17, 15) is 8.42 Å². The van der Waals surface area contributed by atoms with Crippen molar-refractivity contribution in [1.82, 2.24) is 10.1 Å². The van der Waals surface area contributed by atoms with E-state index in [0.717, 1.165) is 5.69 Å². The van der Waals surface area contributed by atoms with Crippen molar-refractivity contribution < 1.29 is 22.1 Å². The number of hydrogen-bond acceptors (Lipinski definition) is 5. The molecule has 0 aromatic carbocycles. The van der Waals surface area contributed by atoms with Gasteiger partial charge in [-0.3, -0.25) is 4.55 Å². The summed E-state index contributed by atoms with van der Waals surface area (Å²) in [4.78, 5) is 4.14. The molecule has 0 amide bonds. The van der Waals surface area contributed by atoms with Crippen LogP contribution in [-0.2, 0) is 16.7 Å². The summed E-state index contributed by atoms with van der Waals surface area (Å²) in [5, 5.41) is 4.01. The topological polar surface area (TPSA) is 97.2 Å². The molecule has 7 nitrogen and oxygen atoms in total. The average molecular weight is 270 g/mol. The van der Waals surface area contributed by atoms with E-state index in [2.05, 4.69) is 10.1 Å². The zero-order valence-corrected chi connectivity index (χ0v) is 10.5. The van der Waals surface area contributed by atoms with E-state index in [1.807, 2.05) is 6.92 Å². The van der Waals surface area contributed by atoms with Crippen molar-refractivity contribution in [1.29, 1.82) is 0 Å². The SMILES string of the molecule is Cc1coc(-c2cc[n+](CCS(=O)(=O)O)nc2)n1. The second-order valence-corrected chi connectivity index (χ2v) is 5.33. The average Bonchev–Trinajstić information content (AvgIpc) is 2.73. The molecule has 0 radical (unpaired) electrons. The van der Waals surface area contributed by atoms with E-state index in [4.69, 9.17) is 8.97 Å². The van der Waals surface area contributed by atoms with Gasteiger partial charge in [0.15, 0.2) is 12.7 Å². The van der Waals surface area contributed by atoms with Gasteiger partial charge in [-0.1, -0.05) is 4.68 Å². The van der Waals surface area contributed by atoms with Crippen LogP contribution in [0.1, 0.15) is 5.69 Å². The molecule has 1 N–H and O–H groups in total. The lowest BCUT2D eigenvalue weighted by Gasteiger charge is -1.94. The molecular weight excluding hydrogens is 258 g/mol. The molecule has 0 aliphatic carbocycles. The molecule has 0 atom stereocenters. The maximum Gasteiger partial charge on any atom is 0.271 e. The fraction of sp³-hybridized carbons (Fsp3) is 0.300. The fourth-order valence-corrected chi connectivity index (χ4v) is 1.76. The van der Waals surface area contributed by atoms with Gasteiger partial charge in [0.05, 0.1) is 11.3 Å². The molecule has 8 heteroatoms. The number of rotatable bonds is 4. The molecule has 2 rings (SSSR count). The summed E-state index contributed by atoms with van der Waals surface area (Å²) >= 11 is 0. The van der Waals surface area contributed by atoms with Crippen LogP contribution >= 0.6 is 0 Å². The highest BCUT2D eigenvalue weighted by molar-refractivity contribution is 7.85. The molecule has 96 valence electrons. The third kappa shape index (κ3) is 3.34. The lowest BCUT2D eigenvalue weighted by atomic mass is 10.3. The lowest BCUT2D eigenvalue weighted by molar-refractivity contribution is -0.750. The predicted octanol–water partition coefficient (Wildman–Crippen LogP) is 0.220. The van der Waals surface area contributed by atoms with Gasteiger partial charge in [-0.15, -0.1) is 0 Å². The normalized spacial score (nSPS) is 11.7. The van der Waals surface area contributed by atoms with E-state index in [0.29, 0.717) is 11.5 Å². The minimum Gasteiger partial charge on any atom is -0.444 e. The van der Waals surface area contributed by atoms with E-state index in [1.165, 1.54) is 17.1 Å². The molecule has 0 fully saturated rings. The summed E-state index contributed by atoms with van der Waals surface area (Å²) in [5.41, 5.74) is 1.47. The fourth-order valence-electron chi connectivity index (χ4n) is 1.34. The Kier molecular flexibility index (Phi) is 3.39. The van der Waals surface area contributed by atoms with Crippen LogP contribution in [0.15, 0.2) is 29.1 Å². The highest BCUT2D eigenvalue weighted by atomic mass is 32.2. The highest BCUT2D eigenvalue weighted by Gasteiger charge is 2.12. The molecule has 0 aliphatic heterocycles. The molecule has 2 heterocycles. The van der Waals surface area contributed by atoms with Crippen LogP contribution in [0.3, 0.4) is 0 Å². The Morgan fingerprint density at radius 1 is 1.50 bits per heavy atom. The van der Waals surface area contributed by atoms with Gasteiger partial charge in [0.1, 0.15) is 18.2 Å². The first kappa shape index (κ1) is 12.7. The lowest BCUT2D eigenvalue weighted by Crippen LogP contribution is -2.40. The van der Waals surface area contributed by atoms with Crippen molar-refractivity contribution in [3.8, 4) is 11.5 Å². The summed E-state index contributed by atoms with van der Waals surface area (Å²) in [6.45, 7) is 1.90. The third-order valence-electron chi connectivity index (χ3n) is 2.22. The third-order valence-corrected chi connectivity index (χ3v) is 2.91. The van der Waals surface area contributed by atoms with Crippen molar-refractivity contribution in [2.75, 3.05) is 5.75 Å². The maximum absolute atomic E-state index is 10.6. The summed E-state index contributed by atoms with van der Waals surface area (Å²) in [6, 6.07) is 1.71. The molecule has 2 aromatic heterocycles. The van der Waals surface area contributed by atoms with E-state index in [1.54, 1.807) is 12.3 Å². The van der Waals surface area contributed by atoms with Crippen LogP contribution in [0.2, 0.25) is 0 Å². The van der Waals surface area contributed by atoms with Gasteiger partial charge in [0, 0.05) is 6.07 Å². The highest BCUT2D eigenvalue weighted by Crippen LogP contribution is 2.15. The van der Waals surface area contributed by atoms with Crippen molar-refractivity contribution in [2.45, 2.75) is 13.5 Å². The van der Waals surface area contributed by atoms with Crippen LogP contribution in [-0.4, -0.2) is 28.8 Å². The van der Waals surface area contributed by atoms with Gasteiger partial charge in [-0.25, -0.2) is 4.98 Å². The minimum atomic E-state index is -3.97. The molecular formula is C10H12N3O4S+. The van der Waals surface area contributed by atoms with Crippen molar-refractivity contribution in [3.63, 3.8) is 0 Å². The Morgan fingerprint density at radius 3 is 2.78 bits per heavy atom. The number of nitrogens with zero attached hydrogens (tertiary/aromatic N) is 3. The Morgan fingerprint density at radius 2 is 2.28 bits per heavy atom. The van der Waals surface area contributed by atoms with Crippen LogP contribution in [0.4, 0.5) is 0 Å². The monoisotopic (exact) mass is 270 g/mol. The minimum absolute atomic E-state index is 0.0870. The molecule has 18 heavy (non-hydrogen) atoms. The van der Waals surface area contributed by atoms with Crippen LogP contribution in [0.5, 0.6) is 0 Å². The second-order valence-electron chi connectivity index (χ2n) is 3.76. The van der Waals surface area contributed by atoms with Crippen molar-refractivity contribution in [2.24, 2.45) is 0 Å². The first-order chi connectivity index (χ1) is 8.44. The van der Waals surface area contributed by atoms with Gasteiger partial charge >= 0.3 is 0 Å². The van der Waals surface area contributed by atoms with Crippen LogP contribution < -0.4 is 4.68 Å². The van der Waals surface area contributed by atoms with E-state index >= 15 is 0 Å². The number of aromatic nitrogens is 3. The smallest absolute Gasteiger partial charge is 0.271 e. The number of hydrogen-bond donors (Lipinski definition) is 1. The second kappa shape index (κ2) is 4.83. The van der Waals surface area contributed by atoms with Crippen LogP contribution in [0.25, 0.3) is 11.5 Å². The molecule has 0 saturated carbocycles. The maximum atomic E-state index is 10.6. The Bertz CT molecular complexity index is 633. The first-order valence-corrected chi connectivity index (χ1v) is 6.78. The summed E-state index contributed by atoms with van der Waals surface area (Å²) < 4.78 is 36.4. The van der Waals surface area contributed by atoms with Gasteiger partial charge < -0.3 is 4.42 Å². The molecule has 0 aliphatic rings. The van der Waals surface area contributed by atoms with Gasteiger partial charge in [0.25, 0.3) is 10.1 Å². The Balaban J connectivity index is 2.10. The number of aryl methyl sites for hydroxylation is 2. The molecule has 2 aromatic rings. The summed E-state index contributed by atoms with van der Waals surface area (Å²) in [7, 11) is -3.97. The quantitative estimate of drug-likeness (QED) is 0.630. The zero-order chi connectivity index (χ0) is 13.2. The molecule has 0 saturated heterocycles.